The van der Waals surface area contributed by atoms with Crippen molar-refractivity contribution in [1.82, 2.24) is 19.3 Å². The van der Waals surface area contributed by atoms with Crippen LogP contribution in [0.25, 0.3) is 10.9 Å². The van der Waals surface area contributed by atoms with Crippen molar-refractivity contribution in [3.63, 3.8) is 0 Å². The van der Waals surface area contributed by atoms with Crippen LogP contribution in [0, 0.1) is 5.92 Å². The third kappa shape index (κ3) is 4.75. The number of halogens is 3. The molecular weight excluding hydrogens is 479 g/mol. The van der Waals surface area contributed by atoms with Crippen LogP contribution < -0.4 is 4.90 Å². The fourth-order valence-electron chi connectivity index (χ4n) is 5.48. The summed E-state index contributed by atoms with van der Waals surface area (Å²) >= 11 is 0. The first-order chi connectivity index (χ1) is 16.7. The number of fused-ring (bicyclic) bond motifs is 3. The van der Waals surface area contributed by atoms with Crippen LogP contribution in [0.1, 0.15) is 49.8 Å². The molecule has 1 fully saturated rings. The summed E-state index contributed by atoms with van der Waals surface area (Å²) in [4.78, 5) is 13.6. The van der Waals surface area contributed by atoms with E-state index in [2.05, 4.69) is 19.9 Å². The van der Waals surface area contributed by atoms with Gasteiger partial charge in [-0.15, -0.1) is 0 Å². The molecule has 0 amide bonds. The van der Waals surface area contributed by atoms with Crippen LogP contribution in [0.2, 0.25) is 0 Å². The van der Waals surface area contributed by atoms with Gasteiger partial charge in [0.15, 0.2) is 0 Å². The van der Waals surface area contributed by atoms with Crippen LogP contribution in [0.3, 0.4) is 0 Å². The molecule has 35 heavy (non-hydrogen) atoms. The van der Waals surface area contributed by atoms with Gasteiger partial charge in [-0.05, 0) is 37.0 Å². The van der Waals surface area contributed by atoms with Crippen LogP contribution in [-0.4, -0.2) is 45.8 Å². The van der Waals surface area contributed by atoms with E-state index in [0.29, 0.717) is 39.7 Å². The highest BCUT2D eigenvalue weighted by atomic mass is 32.2. The standard InChI is InChI=1S/C24H28F3N5O2S/c25-24(26,27)35(33,34)31-14-19(8-7-17-4-1-2-5-17)32(13-18-12-28-16-30-18)23-10-9-22-20(21(23)15-31)6-3-11-29-22/h3,6,9-12,16-17,19H,1-2,4-5,7-8,13-15H2,(H,28,30). The Balaban J connectivity index is 1.62. The second-order valence-electron chi connectivity index (χ2n) is 9.46. The zero-order chi connectivity index (χ0) is 24.6. The van der Waals surface area contributed by atoms with Gasteiger partial charge in [-0.3, -0.25) is 4.98 Å². The average molecular weight is 508 g/mol. The molecule has 0 spiro atoms. The SMILES string of the molecule is O=S(=O)(N1Cc2c(ccc3ncccc23)N(Cc2cnc[nH]2)C(CCC2CCCC2)C1)C(F)(F)F. The fourth-order valence-corrected chi connectivity index (χ4v) is 6.44. The number of alkyl halides is 3. The first-order valence-electron chi connectivity index (χ1n) is 11.9. The Kier molecular flexibility index (Phi) is 6.47. The second kappa shape index (κ2) is 9.42. The van der Waals surface area contributed by atoms with E-state index in [0.717, 1.165) is 30.6 Å². The number of benzene rings is 1. The number of imidazole rings is 1. The quantitative estimate of drug-likeness (QED) is 0.510. The van der Waals surface area contributed by atoms with Crippen molar-refractivity contribution in [2.45, 2.75) is 63.2 Å². The summed E-state index contributed by atoms with van der Waals surface area (Å²) in [6, 6.07) is 6.77. The van der Waals surface area contributed by atoms with E-state index in [1.807, 2.05) is 12.1 Å². The Hall–Kier alpha value is -2.66. The van der Waals surface area contributed by atoms with Gasteiger partial charge in [0.05, 0.1) is 24.1 Å². The summed E-state index contributed by atoms with van der Waals surface area (Å²) in [7, 11) is -5.52. The summed E-state index contributed by atoms with van der Waals surface area (Å²) in [6.07, 6.45) is 10.9. The van der Waals surface area contributed by atoms with Crippen LogP contribution in [-0.2, 0) is 23.1 Å². The van der Waals surface area contributed by atoms with E-state index >= 15 is 0 Å². The van der Waals surface area contributed by atoms with Gasteiger partial charge in [-0.1, -0.05) is 31.7 Å². The molecule has 1 N–H and O–H groups in total. The Morgan fingerprint density at radius 1 is 1.11 bits per heavy atom. The van der Waals surface area contributed by atoms with Crippen molar-refractivity contribution < 1.29 is 21.6 Å². The molecule has 2 aliphatic rings. The molecular formula is C24H28F3N5O2S. The van der Waals surface area contributed by atoms with Crippen LogP contribution in [0.5, 0.6) is 0 Å². The first kappa shape index (κ1) is 24.1. The van der Waals surface area contributed by atoms with E-state index in [9.17, 15) is 21.6 Å². The fraction of sp³-hybridized carbons (Fsp3) is 0.500. The highest BCUT2D eigenvalue weighted by Gasteiger charge is 2.51. The molecule has 11 heteroatoms. The Bertz CT molecular complexity index is 1270. The lowest BCUT2D eigenvalue weighted by Crippen LogP contribution is -2.47. The smallest absolute Gasteiger partial charge is 0.361 e. The predicted molar refractivity (Wildman–Crippen MR) is 127 cm³/mol. The molecule has 3 aromatic rings. The zero-order valence-corrected chi connectivity index (χ0v) is 20.0. The lowest BCUT2D eigenvalue weighted by atomic mass is 9.97. The Labute approximate surface area is 202 Å². The number of sulfonamides is 1. The van der Waals surface area contributed by atoms with Gasteiger partial charge in [0.1, 0.15) is 0 Å². The van der Waals surface area contributed by atoms with Crippen molar-refractivity contribution in [3.05, 3.63) is 54.2 Å². The van der Waals surface area contributed by atoms with E-state index in [1.54, 1.807) is 30.9 Å². The van der Waals surface area contributed by atoms with E-state index in [-0.39, 0.29) is 13.1 Å². The van der Waals surface area contributed by atoms with Gasteiger partial charge in [-0.2, -0.15) is 17.5 Å². The summed E-state index contributed by atoms with van der Waals surface area (Å²) < 4.78 is 67.2. The number of hydrogen-bond donors (Lipinski definition) is 1. The van der Waals surface area contributed by atoms with Gasteiger partial charge in [0, 0.05) is 48.2 Å². The van der Waals surface area contributed by atoms with Crippen LogP contribution in [0.15, 0.2) is 43.0 Å². The van der Waals surface area contributed by atoms with Gasteiger partial charge in [0.2, 0.25) is 0 Å². The summed E-state index contributed by atoms with van der Waals surface area (Å²) in [5, 5.41) is 0.651. The lowest BCUT2D eigenvalue weighted by Gasteiger charge is -2.34. The van der Waals surface area contributed by atoms with Gasteiger partial charge in [-0.25, -0.2) is 13.4 Å². The molecule has 2 aromatic heterocycles. The van der Waals surface area contributed by atoms with Crippen LogP contribution >= 0.6 is 0 Å². The van der Waals surface area contributed by atoms with Crippen molar-refractivity contribution in [2.75, 3.05) is 11.4 Å². The lowest BCUT2D eigenvalue weighted by molar-refractivity contribution is -0.0492. The zero-order valence-electron chi connectivity index (χ0n) is 19.2. The number of pyridine rings is 1. The highest BCUT2D eigenvalue weighted by molar-refractivity contribution is 7.89. The topological polar surface area (TPSA) is 82.2 Å². The number of H-pyrrole nitrogens is 1. The molecule has 5 rings (SSSR count). The van der Waals surface area contributed by atoms with E-state index < -0.39 is 21.6 Å². The van der Waals surface area contributed by atoms with E-state index in [1.165, 1.54) is 12.8 Å². The molecule has 0 bridgehead atoms. The van der Waals surface area contributed by atoms with Gasteiger partial charge < -0.3 is 9.88 Å². The molecule has 3 heterocycles. The van der Waals surface area contributed by atoms with Crippen molar-refractivity contribution in [3.8, 4) is 0 Å². The van der Waals surface area contributed by atoms with Gasteiger partial charge >= 0.3 is 15.5 Å². The third-order valence-electron chi connectivity index (χ3n) is 7.28. The third-order valence-corrected chi connectivity index (χ3v) is 8.82. The maximum absolute atomic E-state index is 13.7. The van der Waals surface area contributed by atoms with Crippen LogP contribution in [0.4, 0.5) is 18.9 Å². The van der Waals surface area contributed by atoms with E-state index in [4.69, 9.17) is 0 Å². The predicted octanol–water partition coefficient (Wildman–Crippen LogP) is 4.97. The minimum atomic E-state index is -5.52. The maximum Gasteiger partial charge on any atom is 0.511 e. The van der Waals surface area contributed by atoms with Crippen molar-refractivity contribution >= 4 is 26.6 Å². The monoisotopic (exact) mass is 507 g/mol. The number of hydrogen-bond acceptors (Lipinski definition) is 5. The molecule has 0 radical (unpaired) electrons. The Morgan fingerprint density at radius 2 is 1.91 bits per heavy atom. The summed E-state index contributed by atoms with van der Waals surface area (Å²) in [5.41, 5.74) is -2.69. The molecule has 1 atom stereocenters. The Morgan fingerprint density at radius 3 is 2.63 bits per heavy atom. The number of rotatable bonds is 6. The number of nitrogens with one attached hydrogen (secondary N) is 1. The minimum Gasteiger partial charge on any atom is -0.361 e. The summed E-state index contributed by atoms with van der Waals surface area (Å²) in [6.45, 7) is -0.216. The second-order valence-corrected chi connectivity index (χ2v) is 11.4. The first-order valence-corrected chi connectivity index (χ1v) is 13.3. The number of anilines is 1. The van der Waals surface area contributed by atoms with Gasteiger partial charge in [0.25, 0.3) is 0 Å². The minimum absolute atomic E-state index is 0.237. The molecule has 1 aromatic carbocycles. The van der Waals surface area contributed by atoms with Crippen molar-refractivity contribution in [2.24, 2.45) is 5.92 Å². The molecule has 7 nitrogen and oxygen atoms in total. The normalized spacial score (nSPS) is 20.3. The number of nitrogens with zero attached hydrogens (tertiary/aromatic N) is 4. The maximum atomic E-state index is 13.7. The molecule has 1 aliphatic heterocycles. The van der Waals surface area contributed by atoms with Crippen molar-refractivity contribution in [1.29, 1.82) is 0 Å². The largest absolute Gasteiger partial charge is 0.511 e. The average Bonchev–Trinajstić information content (AvgIpc) is 3.51. The highest BCUT2D eigenvalue weighted by Crippen LogP contribution is 2.39. The number of aromatic nitrogens is 3. The molecule has 1 unspecified atom stereocenters. The molecule has 1 saturated carbocycles. The molecule has 188 valence electrons. The molecule has 0 saturated heterocycles. The molecule has 1 aliphatic carbocycles. The number of aromatic amines is 1. The summed E-state index contributed by atoms with van der Waals surface area (Å²) in [5.74, 6) is 0.528.